The van der Waals surface area contributed by atoms with Crippen molar-refractivity contribution in [1.29, 1.82) is 0 Å². The van der Waals surface area contributed by atoms with Gasteiger partial charge < -0.3 is 5.32 Å². The molecule has 2 aromatic rings. The minimum absolute atomic E-state index is 0.0439. The highest BCUT2D eigenvalue weighted by Gasteiger charge is 2.13. The van der Waals surface area contributed by atoms with E-state index in [2.05, 4.69) is 31.1 Å². The summed E-state index contributed by atoms with van der Waals surface area (Å²) >= 11 is 1.59. The van der Waals surface area contributed by atoms with Crippen LogP contribution in [0.3, 0.4) is 0 Å². The SMILES string of the molecule is Cc1nc(Cc2cc(F)cc(F)c2)sc1CNC(C)(C)C. The van der Waals surface area contributed by atoms with Crippen LogP contribution in [0.5, 0.6) is 0 Å². The van der Waals surface area contributed by atoms with E-state index in [1.807, 2.05) is 6.92 Å². The maximum absolute atomic E-state index is 13.2. The van der Waals surface area contributed by atoms with Crippen LogP contribution in [0.2, 0.25) is 0 Å². The summed E-state index contributed by atoms with van der Waals surface area (Å²) < 4.78 is 26.4. The number of thiazole rings is 1. The first-order valence-corrected chi connectivity index (χ1v) is 7.70. The Morgan fingerprint density at radius 3 is 2.33 bits per heavy atom. The fourth-order valence-electron chi connectivity index (χ4n) is 1.96. The average molecular weight is 310 g/mol. The van der Waals surface area contributed by atoms with Crippen LogP contribution in [0, 0.1) is 18.6 Å². The Kier molecular flexibility index (Phi) is 4.74. The first-order valence-electron chi connectivity index (χ1n) is 6.88. The van der Waals surface area contributed by atoms with Crippen molar-refractivity contribution in [3.63, 3.8) is 0 Å². The molecule has 0 atom stereocenters. The third kappa shape index (κ3) is 4.86. The number of aryl methyl sites for hydroxylation is 1. The lowest BCUT2D eigenvalue weighted by Crippen LogP contribution is -2.34. The zero-order valence-electron chi connectivity index (χ0n) is 12.8. The lowest BCUT2D eigenvalue weighted by molar-refractivity contribution is 0.425. The van der Waals surface area contributed by atoms with Gasteiger partial charge in [-0.15, -0.1) is 11.3 Å². The molecule has 1 N–H and O–H groups in total. The third-order valence-electron chi connectivity index (χ3n) is 2.99. The van der Waals surface area contributed by atoms with E-state index in [0.717, 1.165) is 28.2 Å². The molecule has 0 saturated heterocycles. The molecule has 0 saturated carbocycles. The normalized spacial score (nSPS) is 11.9. The van der Waals surface area contributed by atoms with E-state index in [1.165, 1.54) is 12.1 Å². The van der Waals surface area contributed by atoms with Crippen molar-refractivity contribution in [3.8, 4) is 0 Å². The largest absolute Gasteiger partial charge is 0.307 e. The second-order valence-electron chi connectivity index (χ2n) is 6.17. The summed E-state index contributed by atoms with van der Waals surface area (Å²) in [4.78, 5) is 5.66. The van der Waals surface area contributed by atoms with Crippen molar-refractivity contribution in [2.75, 3.05) is 0 Å². The van der Waals surface area contributed by atoms with Crippen LogP contribution in [0.4, 0.5) is 8.78 Å². The molecule has 0 aliphatic heterocycles. The Morgan fingerprint density at radius 2 is 1.76 bits per heavy atom. The smallest absolute Gasteiger partial charge is 0.126 e. The van der Waals surface area contributed by atoms with Crippen molar-refractivity contribution in [2.24, 2.45) is 0 Å². The van der Waals surface area contributed by atoms with Gasteiger partial charge in [-0.2, -0.15) is 0 Å². The second-order valence-corrected chi connectivity index (χ2v) is 7.34. The molecule has 0 fully saturated rings. The van der Waals surface area contributed by atoms with E-state index in [4.69, 9.17) is 0 Å². The minimum Gasteiger partial charge on any atom is -0.307 e. The Hall–Kier alpha value is -1.33. The number of halogens is 2. The van der Waals surface area contributed by atoms with Crippen LogP contribution in [-0.2, 0) is 13.0 Å². The predicted octanol–water partition coefficient (Wildman–Crippen LogP) is 4.21. The van der Waals surface area contributed by atoms with Gasteiger partial charge >= 0.3 is 0 Å². The lowest BCUT2D eigenvalue weighted by atomic mass is 10.1. The molecule has 2 nitrogen and oxygen atoms in total. The number of nitrogens with zero attached hydrogens (tertiary/aromatic N) is 1. The predicted molar refractivity (Wildman–Crippen MR) is 82.6 cm³/mol. The van der Waals surface area contributed by atoms with E-state index in [-0.39, 0.29) is 5.54 Å². The maximum Gasteiger partial charge on any atom is 0.126 e. The first-order chi connectivity index (χ1) is 9.73. The third-order valence-corrected chi connectivity index (χ3v) is 4.15. The van der Waals surface area contributed by atoms with Crippen molar-refractivity contribution in [1.82, 2.24) is 10.3 Å². The summed E-state index contributed by atoms with van der Waals surface area (Å²) in [6.45, 7) is 9.05. The maximum atomic E-state index is 13.2. The standard InChI is InChI=1S/C16H20F2N2S/c1-10-14(9-19-16(2,3)4)21-15(20-10)7-11-5-12(17)8-13(18)6-11/h5-6,8,19H,7,9H2,1-4H3. The van der Waals surface area contributed by atoms with Gasteiger partial charge in [0.2, 0.25) is 0 Å². The summed E-state index contributed by atoms with van der Waals surface area (Å²) in [6, 6.07) is 3.59. The molecule has 0 spiro atoms. The Labute approximate surface area is 128 Å². The summed E-state index contributed by atoms with van der Waals surface area (Å²) in [6.07, 6.45) is 0.454. The lowest BCUT2D eigenvalue weighted by Gasteiger charge is -2.19. The highest BCUT2D eigenvalue weighted by atomic mass is 32.1. The molecule has 1 aromatic heterocycles. The molecule has 2 rings (SSSR count). The first kappa shape index (κ1) is 16.0. The molecule has 0 unspecified atom stereocenters. The van der Waals surface area contributed by atoms with E-state index in [9.17, 15) is 8.78 Å². The Bertz CT molecular complexity index is 609. The number of hydrogen-bond donors (Lipinski definition) is 1. The van der Waals surface area contributed by atoms with Crippen LogP contribution in [0.25, 0.3) is 0 Å². The molecule has 0 aliphatic rings. The molecule has 0 amide bonds. The van der Waals surface area contributed by atoms with Gasteiger partial charge in [-0.3, -0.25) is 0 Å². The van der Waals surface area contributed by atoms with Gasteiger partial charge in [0.1, 0.15) is 11.6 Å². The van der Waals surface area contributed by atoms with Crippen LogP contribution in [0.15, 0.2) is 18.2 Å². The molecule has 5 heteroatoms. The zero-order valence-corrected chi connectivity index (χ0v) is 13.6. The number of hydrogen-bond acceptors (Lipinski definition) is 3. The van der Waals surface area contributed by atoms with E-state index in [1.54, 1.807) is 11.3 Å². The number of nitrogens with one attached hydrogen (secondary N) is 1. The molecular formula is C16H20F2N2S. The molecule has 114 valence electrons. The van der Waals surface area contributed by atoms with Gasteiger partial charge in [-0.05, 0) is 45.4 Å². The summed E-state index contributed by atoms with van der Waals surface area (Å²) in [5.41, 5.74) is 1.63. The van der Waals surface area contributed by atoms with Crippen LogP contribution < -0.4 is 5.32 Å². The average Bonchev–Trinajstić information content (AvgIpc) is 2.64. The van der Waals surface area contributed by atoms with Crippen molar-refractivity contribution in [2.45, 2.75) is 46.2 Å². The van der Waals surface area contributed by atoms with E-state index < -0.39 is 11.6 Å². The van der Waals surface area contributed by atoms with Gasteiger partial charge in [-0.1, -0.05) is 0 Å². The topological polar surface area (TPSA) is 24.9 Å². The summed E-state index contributed by atoms with van der Waals surface area (Å²) in [5, 5.41) is 4.30. The molecule has 21 heavy (non-hydrogen) atoms. The summed E-state index contributed by atoms with van der Waals surface area (Å²) in [5.74, 6) is -1.10. The summed E-state index contributed by atoms with van der Waals surface area (Å²) in [7, 11) is 0. The number of benzene rings is 1. The van der Waals surface area contributed by atoms with Crippen molar-refractivity contribution >= 4 is 11.3 Å². The van der Waals surface area contributed by atoms with Crippen LogP contribution >= 0.6 is 11.3 Å². The highest BCUT2D eigenvalue weighted by molar-refractivity contribution is 7.11. The molecule has 0 aliphatic carbocycles. The van der Waals surface area contributed by atoms with Crippen molar-refractivity contribution < 1.29 is 8.78 Å². The molecule has 0 bridgehead atoms. The molecule has 1 aromatic carbocycles. The fraction of sp³-hybridized carbons (Fsp3) is 0.438. The van der Waals surface area contributed by atoms with E-state index in [0.29, 0.717) is 12.0 Å². The van der Waals surface area contributed by atoms with Crippen molar-refractivity contribution in [3.05, 3.63) is 51.0 Å². The number of rotatable bonds is 4. The van der Waals surface area contributed by atoms with Gasteiger partial charge in [0.25, 0.3) is 0 Å². The van der Waals surface area contributed by atoms with Crippen LogP contribution in [-0.4, -0.2) is 10.5 Å². The van der Waals surface area contributed by atoms with Gasteiger partial charge in [0.15, 0.2) is 0 Å². The van der Waals surface area contributed by atoms with Crippen LogP contribution in [0.1, 0.15) is 41.9 Å². The van der Waals surface area contributed by atoms with E-state index >= 15 is 0 Å². The number of aromatic nitrogens is 1. The second kappa shape index (κ2) is 6.20. The zero-order chi connectivity index (χ0) is 15.6. The van der Waals surface area contributed by atoms with Gasteiger partial charge in [-0.25, -0.2) is 13.8 Å². The Balaban J connectivity index is 2.11. The quantitative estimate of drug-likeness (QED) is 0.915. The molecular weight excluding hydrogens is 290 g/mol. The Morgan fingerprint density at radius 1 is 1.14 bits per heavy atom. The molecule has 1 heterocycles. The fourth-order valence-corrected chi connectivity index (χ4v) is 3.00. The monoisotopic (exact) mass is 310 g/mol. The van der Waals surface area contributed by atoms with Gasteiger partial charge in [0.05, 0.1) is 10.7 Å². The highest BCUT2D eigenvalue weighted by Crippen LogP contribution is 2.22. The minimum atomic E-state index is -0.548. The van der Waals surface area contributed by atoms with Gasteiger partial charge in [0, 0.05) is 29.4 Å². The molecule has 0 radical (unpaired) electrons.